The van der Waals surface area contributed by atoms with Crippen LogP contribution in [0.25, 0.3) is 0 Å². The lowest BCUT2D eigenvalue weighted by molar-refractivity contribution is 0.102. The molecule has 5 nitrogen and oxygen atoms in total. The first-order valence-electron chi connectivity index (χ1n) is 8.56. The number of carbonyl (C=O) groups is 1. The predicted octanol–water partition coefficient (Wildman–Crippen LogP) is 4.52. The van der Waals surface area contributed by atoms with E-state index in [1.807, 2.05) is 69.3 Å². The second-order valence-corrected chi connectivity index (χ2v) is 6.30. The molecule has 1 heterocycles. The van der Waals surface area contributed by atoms with Gasteiger partial charge in [-0.2, -0.15) is 0 Å². The number of nitrogens with zero attached hydrogens (tertiary/aromatic N) is 2. The van der Waals surface area contributed by atoms with E-state index in [9.17, 15) is 4.79 Å². The lowest BCUT2D eigenvalue weighted by Gasteiger charge is -2.14. The second-order valence-electron chi connectivity index (χ2n) is 6.30. The van der Waals surface area contributed by atoms with E-state index in [1.54, 1.807) is 12.3 Å². The third-order valence-corrected chi connectivity index (χ3v) is 4.30. The minimum absolute atomic E-state index is 0.0364. The number of carbonyl (C=O) groups excluding carboxylic acids is 1. The number of aromatic nitrogens is 2. The average Bonchev–Trinajstić information content (AvgIpc) is 2.65. The molecular formula is C21H22N4O. The first kappa shape index (κ1) is 17.6. The van der Waals surface area contributed by atoms with Crippen molar-refractivity contribution in [2.75, 3.05) is 10.6 Å². The molecule has 0 spiro atoms. The highest BCUT2D eigenvalue weighted by atomic mass is 16.1. The van der Waals surface area contributed by atoms with Crippen LogP contribution in [0.3, 0.4) is 0 Å². The van der Waals surface area contributed by atoms with Crippen molar-refractivity contribution in [2.45, 2.75) is 26.8 Å². The van der Waals surface area contributed by atoms with Gasteiger partial charge < -0.3 is 10.6 Å². The molecule has 0 aliphatic rings. The maximum absolute atomic E-state index is 12.5. The summed E-state index contributed by atoms with van der Waals surface area (Å²) in [6.45, 7) is 6.08. The lowest BCUT2D eigenvalue weighted by atomic mass is 10.1. The average molecular weight is 346 g/mol. The Kier molecular flexibility index (Phi) is 5.27. The van der Waals surface area contributed by atoms with Crippen LogP contribution in [0.1, 0.15) is 40.1 Å². The molecule has 3 aromatic rings. The molecule has 0 saturated carbocycles. The topological polar surface area (TPSA) is 66.9 Å². The highest BCUT2D eigenvalue weighted by molar-refractivity contribution is 6.03. The number of hydrogen-bond acceptors (Lipinski definition) is 4. The summed E-state index contributed by atoms with van der Waals surface area (Å²) in [5.41, 5.74) is 4.52. The Labute approximate surface area is 153 Å². The maximum Gasteiger partial charge on any atom is 0.274 e. The standard InChI is InChI=1S/C21H22N4O/c1-14-9-10-18(13-15(14)2)24-20(26)19-11-12-22-21(25-19)23-16(3)17-7-5-4-6-8-17/h4-13,16H,1-3H3,(H,24,26)(H,22,23,25). The molecule has 132 valence electrons. The van der Waals surface area contributed by atoms with Gasteiger partial charge in [-0.3, -0.25) is 4.79 Å². The quantitative estimate of drug-likeness (QED) is 0.713. The van der Waals surface area contributed by atoms with E-state index in [2.05, 4.69) is 20.6 Å². The van der Waals surface area contributed by atoms with E-state index in [4.69, 9.17) is 0 Å². The molecule has 0 aliphatic heterocycles. The third-order valence-electron chi connectivity index (χ3n) is 4.30. The second kappa shape index (κ2) is 7.78. The van der Waals surface area contributed by atoms with Gasteiger partial charge in [0.2, 0.25) is 5.95 Å². The predicted molar refractivity (Wildman–Crippen MR) is 104 cm³/mol. The Bertz CT molecular complexity index is 909. The summed E-state index contributed by atoms with van der Waals surface area (Å²) in [5, 5.41) is 6.11. The number of aryl methyl sites for hydroxylation is 2. The lowest BCUT2D eigenvalue weighted by Crippen LogP contribution is -2.16. The fraction of sp³-hybridized carbons (Fsp3) is 0.190. The normalized spacial score (nSPS) is 11.7. The molecule has 26 heavy (non-hydrogen) atoms. The highest BCUT2D eigenvalue weighted by Gasteiger charge is 2.12. The van der Waals surface area contributed by atoms with Crippen LogP contribution in [0.5, 0.6) is 0 Å². The molecule has 3 rings (SSSR count). The molecule has 1 amide bonds. The first-order valence-corrected chi connectivity index (χ1v) is 8.56. The Hall–Kier alpha value is -3.21. The van der Waals surface area contributed by atoms with Gasteiger partial charge in [0.15, 0.2) is 0 Å². The Morgan fingerprint density at radius 2 is 1.77 bits per heavy atom. The van der Waals surface area contributed by atoms with Gasteiger partial charge in [-0.25, -0.2) is 9.97 Å². The summed E-state index contributed by atoms with van der Waals surface area (Å²) in [5.74, 6) is 0.167. The largest absolute Gasteiger partial charge is 0.348 e. The van der Waals surface area contributed by atoms with Crippen molar-refractivity contribution in [3.05, 3.63) is 83.2 Å². The van der Waals surface area contributed by atoms with Gasteiger partial charge in [-0.1, -0.05) is 36.4 Å². The van der Waals surface area contributed by atoms with Crippen LogP contribution in [0, 0.1) is 13.8 Å². The van der Waals surface area contributed by atoms with Gasteiger partial charge in [0, 0.05) is 11.9 Å². The molecular weight excluding hydrogens is 324 g/mol. The van der Waals surface area contributed by atoms with Crippen molar-refractivity contribution >= 4 is 17.5 Å². The number of anilines is 2. The molecule has 5 heteroatoms. The summed E-state index contributed by atoms with van der Waals surface area (Å²) < 4.78 is 0. The van der Waals surface area contributed by atoms with Gasteiger partial charge in [0.05, 0.1) is 6.04 Å². The summed E-state index contributed by atoms with van der Waals surface area (Å²) >= 11 is 0. The van der Waals surface area contributed by atoms with Gasteiger partial charge in [-0.05, 0) is 55.7 Å². The molecule has 0 bridgehead atoms. The van der Waals surface area contributed by atoms with Crippen molar-refractivity contribution in [2.24, 2.45) is 0 Å². The monoisotopic (exact) mass is 346 g/mol. The van der Waals surface area contributed by atoms with Crippen LogP contribution >= 0.6 is 0 Å². The van der Waals surface area contributed by atoms with Crippen LogP contribution in [0.2, 0.25) is 0 Å². The molecule has 1 aromatic heterocycles. The number of hydrogen-bond donors (Lipinski definition) is 2. The smallest absolute Gasteiger partial charge is 0.274 e. The van der Waals surface area contributed by atoms with Crippen LogP contribution in [0.15, 0.2) is 60.8 Å². The fourth-order valence-electron chi connectivity index (χ4n) is 2.59. The number of rotatable bonds is 5. The summed E-state index contributed by atoms with van der Waals surface area (Å²) in [4.78, 5) is 21.0. The molecule has 1 atom stereocenters. The van der Waals surface area contributed by atoms with E-state index in [0.717, 1.165) is 16.8 Å². The first-order chi connectivity index (χ1) is 12.5. The molecule has 2 aromatic carbocycles. The van der Waals surface area contributed by atoms with Crippen molar-refractivity contribution in [1.29, 1.82) is 0 Å². The van der Waals surface area contributed by atoms with Crippen LogP contribution in [-0.2, 0) is 0 Å². The van der Waals surface area contributed by atoms with Gasteiger partial charge in [0.25, 0.3) is 5.91 Å². The minimum Gasteiger partial charge on any atom is -0.348 e. The zero-order chi connectivity index (χ0) is 18.5. The Morgan fingerprint density at radius 1 is 1.00 bits per heavy atom. The Balaban J connectivity index is 1.72. The van der Waals surface area contributed by atoms with E-state index >= 15 is 0 Å². The molecule has 2 N–H and O–H groups in total. The Morgan fingerprint density at radius 3 is 2.50 bits per heavy atom. The zero-order valence-corrected chi connectivity index (χ0v) is 15.2. The van der Waals surface area contributed by atoms with Crippen molar-refractivity contribution in [3.63, 3.8) is 0 Å². The minimum atomic E-state index is -0.258. The highest BCUT2D eigenvalue weighted by Crippen LogP contribution is 2.17. The molecule has 0 radical (unpaired) electrons. The van der Waals surface area contributed by atoms with Gasteiger partial charge in [0.1, 0.15) is 5.69 Å². The van der Waals surface area contributed by atoms with Crippen LogP contribution in [-0.4, -0.2) is 15.9 Å². The summed E-state index contributed by atoms with van der Waals surface area (Å²) in [6.07, 6.45) is 1.59. The van der Waals surface area contributed by atoms with E-state index in [0.29, 0.717) is 11.6 Å². The third kappa shape index (κ3) is 4.25. The summed E-state index contributed by atoms with van der Waals surface area (Å²) in [6, 6.07) is 17.5. The number of benzene rings is 2. The number of amides is 1. The van der Waals surface area contributed by atoms with Crippen LogP contribution in [0.4, 0.5) is 11.6 Å². The van der Waals surface area contributed by atoms with Gasteiger partial charge in [-0.15, -0.1) is 0 Å². The van der Waals surface area contributed by atoms with Gasteiger partial charge >= 0.3 is 0 Å². The van der Waals surface area contributed by atoms with Crippen molar-refractivity contribution in [3.8, 4) is 0 Å². The van der Waals surface area contributed by atoms with Crippen molar-refractivity contribution in [1.82, 2.24) is 9.97 Å². The fourth-order valence-corrected chi connectivity index (χ4v) is 2.59. The zero-order valence-electron chi connectivity index (χ0n) is 15.2. The van der Waals surface area contributed by atoms with E-state index in [-0.39, 0.29) is 11.9 Å². The van der Waals surface area contributed by atoms with E-state index < -0.39 is 0 Å². The number of nitrogens with one attached hydrogen (secondary N) is 2. The van der Waals surface area contributed by atoms with Crippen molar-refractivity contribution < 1.29 is 4.79 Å². The van der Waals surface area contributed by atoms with Crippen LogP contribution < -0.4 is 10.6 Å². The van der Waals surface area contributed by atoms with E-state index in [1.165, 1.54) is 5.56 Å². The molecule has 1 unspecified atom stereocenters. The molecule has 0 aliphatic carbocycles. The SMILES string of the molecule is Cc1ccc(NC(=O)c2ccnc(NC(C)c3ccccc3)n2)cc1C. The summed E-state index contributed by atoms with van der Waals surface area (Å²) in [7, 11) is 0. The maximum atomic E-state index is 12.5. The molecule has 0 saturated heterocycles. The molecule has 0 fully saturated rings.